The van der Waals surface area contributed by atoms with Gasteiger partial charge in [-0.25, -0.2) is 0 Å². The predicted octanol–water partition coefficient (Wildman–Crippen LogP) is 7.17. The minimum Gasteiger partial charge on any atom is -0.481 e. The Hall–Kier alpha value is -0.570. The molecule has 0 aromatic carbocycles. The number of carboxylic acids is 1. The Kier molecular flexibility index (Phi) is 5.29. The van der Waals surface area contributed by atoms with Crippen molar-refractivity contribution in [2.75, 3.05) is 0 Å². The summed E-state index contributed by atoms with van der Waals surface area (Å²) in [6, 6.07) is 0. The minimum absolute atomic E-state index is 0.00465. The Bertz CT molecular complexity index is 819. The molecule has 11 atom stereocenters. The summed E-state index contributed by atoms with van der Waals surface area (Å²) >= 11 is 0. The van der Waals surface area contributed by atoms with Crippen LogP contribution in [0.4, 0.5) is 0 Å². The molecule has 5 aliphatic carbocycles. The van der Waals surface area contributed by atoms with E-state index in [4.69, 9.17) is 0 Å². The monoisotopic (exact) mass is 458 g/mol. The first-order valence-electron chi connectivity index (χ1n) is 14.1. The average Bonchev–Trinajstić information content (AvgIpc) is 3.08. The highest BCUT2D eigenvalue weighted by Crippen LogP contribution is 2.77. The fourth-order valence-electron chi connectivity index (χ4n) is 11.7. The summed E-state index contributed by atoms with van der Waals surface area (Å²) in [5, 5.41) is 20.8. The first-order valence-corrected chi connectivity index (χ1v) is 14.1. The fourth-order valence-corrected chi connectivity index (χ4v) is 11.7. The highest BCUT2D eigenvalue weighted by Gasteiger charge is 2.70. The SMILES string of the molecule is C[C@@H](C(=O)O)[C@@H]1CC[C@]2(C)CC[C@]3(C)[C@H](CC[C@@H]4[C@@]5(C)CC[C@H](O)C(C)(C)[C@@H]5CC[C@]43C)[C@@H]12. The zero-order valence-corrected chi connectivity index (χ0v) is 22.4. The Balaban J connectivity index is 1.53. The molecule has 0 amide bonds. The standard InChI is InChI=1S/C30H50O3/c1-18(25(32)33)19-10-13-27(4)16-17-29(6)20(24(19)27)8-9-22-28(5)14-12-23(31)26(2,3)21(28)11-15-30(22,29)7/h18-24,31H,8-17H2,1-7H3,(H,32,33)/t18-,19+,20-,21+,22-,23+,24-,27-,28+,29-,30-/m1/s1. The van der Waals surface area contributed by atoms with Gasteiger partial charge in [-0.15, -0.1) is 0 Å². The molecule has 0 bridgehead atoms. The molecule has 5 aliphatic rings. The van der Waals surface area contributed by atoms with Gasteiger partial charge in [0.1, 0.15) is 0 Å². The van der Waals surface area contributed by atoms with Crippen LogP contribution in [0, 0.1) is 62.6 Å². The topological polar surface area (TPSA) is 57.5 Å². The lowest BCUT2D eigenvalue weighted by Crippen LogP contribution is -2.66. The van der Waals surface area contributed by atoms with E-state index in [0.717, 1.165) is 18.8 Å². The third-order valence-corrected chi connectivity index (χ3v) is 13.9. The number of rotatable bonds is 2. The van der Waals surface area contributed by atoms with Gasteiger partial charge in [-0.05, 0) is 121 Å². The zero-order valence-electron chi connectivity index (χ0n) is 22.4. The van der Waals surface area contributed by atoms with E-state index < -0.39 is 5.97 Å². The summed E-state index contributed by atoms with van der Waals surface area (Å²) in [6.07, 6.45) is 12.0. The lowest BCUT2D eigenvalue weighted by molar-refractivity contribution is -0.248. The summed E-state index contributed by atoms with van der Waals surface area (Å²) in [7, 11) is 0. The zero-order chi connectivity index (χ0) is 24.2. The van der Waals surface area contributed by atoms with Gasteiger partial charge in [0.05, 0.1) is 12.0 Å². The van der Waals surface area contributed by atoms with Crippen LogP contribution in [0.5, 0.6) is 0 Å². The summed E-state index contributed by atoms with van der Waals surface area (Å²) in [6.45, 7) is 17.0. The van der Waals surface area contributed by atoms with Gasteiger partial charge in [0, 0.05) is 0 Å². The van der Waals surface area contributed by atoms with Crippen LogP contribution in [-0.2, 0) is 4.79 Å². The van der Waals surface area contributed by atoms with Gasteiger partial charge in [0.25, 0.3) is 0 Å². The summed E-state index contributed by atoms with van der Waals surface area (Å²) in [5.74, 6) is 2.08. The lowest BCUT2D eigenvalue weighted by atomic mass is 9.32. The van der Waals surface area contributed by atoms with Crippen LogP contribution in [0.25, 0.3) is 0 Å². The number of hydrogen-bond acceptors (Lipinski definition) is 2. The molecule has 3 nitrogen and oxygen atoms in total. The highest BCUT2D eigenvalue weighted by atomic mass is 16.4. The maximum atomic E-state index is 12.1. The largest absolute Gasteiger partial charge is 0.481 e. The van der Waals surface area contributed by atoms with Gasteiger partial charge < -0.3 is 10.2 Å². The van der Waals surface area contributed by atoms with Crippen LogP contribution in [-0.4, -0.2) is 22.3 Å². The van der Waals surface area contributed by atoms with Crippen LogP contribution in [0.15, 0.2) is 0 Å². The van der Waals surface area contributed by atoms with E-state index >= 15 is 0 Å². The van der Waals surface area contributed by atoms with E-state index in [9.17, 15) is 15.0 Å². The van der Waals surface area contributed by atoms with Crippen molar-refractivity contribution in [1.82, 2.24) is 0 Å². The Morgan fingerprint density at radius 2 is 1.48 bits per heavy atom. The van der Waals surface area contributed by atoms with E-state index in [1.165, 1.54) is 51.4 Å². The molecule has 5 rings (SSSR count). The number of carboxylic acid groups (broad SMARTS) is 1. The number of aliphatic carboxylic acids is 1. The van der Waals surface area contributed by atoms with Gasteiger partial charge in [-0.2, -0.15) is 0 Å². The molecular formula is C30H50O3. The van der Waals surface area contributed by atoms with E-state index in [1.807, 2.05) is 6.92 Å². The molecule has 0 spiro atoms. The number of hydrogen-bond donors (Lipinski definition) is 2. The molecule has 0 aliphatic heterocycles. The lowest BCUT2D eigenvalue weighted by Gasteiger charge is -2.73. The maximum Gasteiger partial charge on any atom is 0.306 e. The fraction of sp³-hybridized carbons (Fsp3) is 0.967. The molecule has 0 radical (unpaired) electrons. The summed E-state index contributed by atoms with van der Waals surface area (Å²) < 4.78 is 0. The molecule has 2 N–H and O–H groups in total. The van der Waals surface area contributed by atoms with Gasteiger partial charge >= 0.3 is 5.97 Å². The second-order valence-electron chi connectivity index (χ2n) is 15.1. The number of aliphatic hydroxyl groups is 1. The van der Waals surface area contributed by atoms with Crippen molar-refractivity contribution in [3.63, 3.8) is 0 Å². The second kappa shape index (κ2) is 7.23. The molecule has 188 valence electrons. The van der Waals surface area contributed by atoms with Crippen molar-refractivity contribution >= 4 is 5.97 Å². The second-order valence-corrected chi connectivity index (χ2v) is 15.1. The van der Waals surface area contributed by atoms with Crippen LogP contribution >= 0.6 is 0 Å². The quantitative estimate of drug-likeness (QED) is 0.461. The molecule has 5 saturated carbocycles. The Morgan fingerprint density at radius 1 is 0.788 bits per heavy atom. The molecule has 5 fully saturated rings. The molecule has 33 heavy (non-hydrogen) atoms. The molecule has 0 aromatic rings. The van der Waals surface area contributed by atoms with Crippen molar-refractivity contribution in [3.8, 4) is 0 Å². The van der Waals surface area contributed by atoms with Crippen molar-refractivity contribution in [2.24, 2.45) is 62.6 Å². The van der Waals surface area contributed by atoms with Crippen molar-refractivity contribution in [1.29, 1.82) is 0 Å². The van der Waals surface area contributed by atoms with Gasteiger partial charge in [0.2, 0.25) is 0 Å². The van der Waals surface area contributed by atoms with Gasteiger partial charge in [-0.3, -0.25) is 4.79 Å². The first kappa shape index (κ1) is 24.1. The maximum absolute atomic E-state index is 12.1. The van der Waals surface area contributed by atoms with Crippen LogP contribution in [0.1, 0.15) is 113 Å². The summed E-state index contributed by atoms with van der Waals surface area (Å²) in [5.41, 5.74) is 1.27. The van der Waals surface area contributed by atoms with Crippen molar-refractivity contribution < 1.29 is 15.0 Å². The third kappa shape index (κ3) is 2.93. The number of aliphatic hydroxyl groups excluding tert-OH is 1. The Labute approximate surface area is 202 Å². The first-order chi connectivity index (χ1) is 15.2. The molecule has 0 saturated heterocycles. The normalized spacial score (nSPS) is 56.1. The van der Waals surface area contributed by atoms with Crippen LogP contribution in [0.3, 0.4) is 0 Å². The minimum atomic E-state index is -0.590. The van der Waals surface area contributed by atoms with E-state index in [0.29, 0.717) is 45.3 Å². The van der Waals surface area contributed by atoms with Crippen molar-refractivity contribution in [2.45, 2.75) is 119 Å². The van der Waals surface area contributed by atoms with E-state index in [1.54, 1.807) is 0 Å². The van der Waals surface area contributed by atoms with E-state index in [-0.39, 0.29) is 17.4 Å². The van der Waals surface area contributed by atoms with Crippen LogP contribution in [0.2, 0.25) is 0 Å². The van der Waals surface area contributed by atoms with E-state index in [2.05, 4.69) is 41.5 Å². The van der Waals surface area contributed by atoms with Gasteiger partial charge in [0.15, 0.2) is 0 Å². The predicted molar refractivity (Wildman–Crippen MR) is 133 cm³/mol. The smallest absolute Gasteiger partial charge is 0.306 e. The average molecular weight is 459 g/mol. The van der Waals surface area contributed by atoms with Crippen LogP contribution < -0.4 is 0 Å². The number of carbonyl (C=O) groups is 1. The van der Waals surface area contributed by atoms with Crippen molar-refractivity contribution in [3.05, 3.63) is 0 Å². The highest BCUT2D eigenvalue weighted by molar-refractivity contribution is 5.70. The molecular weight excluding hydrogens is 408 g/mol. The van der Waals surface area contributed by atoms with Gasteiger partial charge in [-0.1, -0.05) is 48.5 Å². The molecule has 3 heteroatoms. The summed E-state index contributed by atoms with van der Waals surface area (Å²) in [4.78, 5) is 12.1. The third-order valence-electron chi connectivity index (χ3n) is 13.9. The molecule has 0 heterocycles. The molecule has 0 aromatic heterocycles. The Morgan fingerprint density at radius 3 is 2.15 bits per heavy atom. The number of fused-ring (bicyclic) bond motifs is 7. The molecule has 0 unspecified atom stereocenters.